The lowest BCUT2D eigenvalue weighted by atomic mass is 10.1. The summed E-state index contributed by atoms with van der Waals surface area (Å²) < 4.78 is 30.5. The molecule has 14 heavy (non-hydrogen) atoms. The third-order valence-corrected chi connectivity index (χ3v) is 1.92. The van der Waals surface area contributed by atoms with Crippen LogP contribution in [-0.4, -0.2) is 19.0 Å². The fraction of sp³-hybridized carbons (Fsp3) is 0.300. The molecule has 1 unspecified atom stereocenters. The summed E-state index contributed by atoms with van der Waals surface area (Å²) >= 11 is 0. The number of rotatable bonds is 3. The summed E-state index contributed by atoms with van der Waals surface area (Å²) in [5, 5.41) is 0. The van der Waals surface area contributed by atoms with Crippen molar-refractivity contribution in [3.05, 3.63) is 35.4 Å². The monoisotopic (exact) mass is 200 g/mol. The highest BCUT2D eigenvalue weighted by atomic mass is 19.1. The van der Waals surface area contributed by atoms with E-state index in [0.717, 1.165) is 18.2 Å². The van der Waals surface area contributed by atoms with Gasteiger partial charge in [-0.2, -0.15) is 0 Å². The van der Waals surface area contributed by atoms with Crippen LogP contribution in [0, 0.1) is 11.6 Å². The normalized spacial score (nSPS) is 12.6. The first-order chi connectivity index (χ1) is 6.56. The van der Waals surface area contributed by atoms with Gasteiger partial charge >= 0.3 is 0 Å². The molecule has 0 radical (unpaired) electrons. The third kappa shape index (κ3) is 2.14. The second kappa shape index (κ2) is 4.28. The first kappa shape index (κ1) is 10.8. The van der Waals surface area contributed by atoms with Crippen molar-refractivity contribution in [2.75, 3.05) is 7.11 Å². The molecular weight excluding hydrogens is 190 g/mol. The van der Waals surface area contributed by atoms with Crippen LogP contribution in [0.5, 0.6) is 0 Å². The molecule has 0 N–H and O–H groups in total. The van der Waals surface area contributed by atoms with Gasteiger partial charge in [-0.3, -0.25) is 4.79 Å². The molecule has 0 aliphatic carbocycles. The molecule has 0 bridgehead atoms. The van der Waals surface area contributed by atoms with Gasteiger partial charge in [0.25, 0.3) is 0 Å². The van der Waals surface area contributed by atoms with Gasteiger partial charge in [-0.15, -0.1) is 0 Å². The molecule has 0 fully saturated rings. The molecule has 1 rings (SSSR count). The Kier molecular flexibility index (Phi) is 3.30. The first-order valence-corrected chi connectivity index (χ1v) is 4.08. The predicted molar refractivity (Wildman–Crippen MR) is 47.2 cm³/mol. The van der Waals surface area contributed by atoms with E-state index in [1.807, 2.05) is 0 Å². The van der Waals surface area contributed by atoms with Crippen molar-refractivity contribution in [1.29, 1.82) is 0 Å². The summed E-state index contributed by atoms with van der Waals surface area (Å²) in [6, 6.07) is 2.75. The molecule has 0 heterocycles. The SMILES string of the molecule is COC(C)C(=O)c1cc(F)ccc1F. The minimum Gasteiger partial charge on any atom is -0.374 e. The zero-order chi connectivity index (χ0) is 10.7. The van der Waals surface area contributed by atoms with Gasteiger partial charge in [0.1, 0.15) is 17.7 Å². The number of Topliss-reactive ketones (excluding diaryl/α,β-unsaturated/α-hetero) is 1. The number of hydrogen-bond donors (Lipinski definition) is 0. The summed E-state index contributed by atoms with van der Waals surface area (Å²) in [7, 11) is 1.33. The van der Waals surface area contributed by atoms with Crippen molar-refractivity contribution in [2.24, 2.45) is 0 Å². The van der Waals surface area contributed by atoms with E-state index in [4.69, 9.17) is 4.74 Å². The second-order valence-corrected chi connectivity index (χ2v) is 2.87. The molecule has 1 atom stereocenters. The standard InChI is InChI=1S/C10H10F2O2/c1-6(14-2)10(13)8-5-7(11)3-4-9(8)12/h3-6H,1-2H3. The van der Waals surface area contributed by atoms with Crippen LogP contribution in [0.4, 0.5) is 8.78 Å². The average molecular weight is 200 g/mol. The Bertz CT molecular complexity index is 350. The molecule has 76 valence electrons. The molecule has 0 saturated carbocycles. The van der Waals surface area contributed by atoms with E-state index in [-0.39, 0.29) is 5.56 Å². The van der Waals surface area contributed by atoms with Gasteiger partial charge in [0.05, 0.1) is 5.56 Å². The molecule has 0 saturated heterocycles. The fourth-order valence-corrected chi connectivity index (χ4v) is 1.01. The zero-order valence-electron chi connectivity index (χ0n) is 7.88. The lowest BCUT2D eigenvalue weighted by Gasteiger charge is -2.08. The molecule has 0 aliphatic heterocycles. The van der Waals surface area contributed by atoms with Crippen molar-refractivity contribution in [3.8, 4) is 0 Å². The van der Waals surface area contributed by atoms with Crippen LogP contribution >= 0.6 is 0 Å². The van der Waals surface area contributed by atoms with E-state index >= 15 is 0 Å². The molecule has 0 amide bonds. The zero-order valence-corrected chi connectivity index (χ0v) is 7.88. The number of ether oxygens (including phenoxy) is 1. The van der Waals surface area contributed by atoms with Crippen molar-refractivity contribution in [2.45, 2.75) is 13.0 Å². The Morgan fingerprint density at radius 1 is 1.43 bits per heavy atom. The van der Waals surface area contributed by atoms with Crippen LogP contribution in [0.15, 0.2) is 18.2 Å². The van der Waals surface area contributed by atoms with Gasteiger partial charge in [-0.1, -0.05) is 0 Å². The molecule has 4 heteroatoms. The highest BCUT2D eigenvalue weighted by Gasteiger charge is 2.18. The first-order valence-electron chi connectivity index (χ1n) is 4.08. The minimum atomic E-state index is -0.772. The molecular formula is C10H10F2O2. The topological polar surface area (TPSA) is 26.3 Å². The fourth-order valence-electron chi connectivity index (χ4n) is 1.01. The predicted octanol–water partition coefficient (Wildman–Crippen LogP) is 2.18. The van der Waals surface area contributed by atoms with Gasteiger partial charge in [0.2, 0.25) is 0 Å². The summed E-state index contributed by atoms with van der Waals surface area (Å²) in [6.07, 6.45) is -0.772. The second-order valence-electron chi connectivity index (χ2n) is 2.87. The van der Waals surface area contributed by atoms with Crippen LogP contribution in [0.1, 0.15) is 17.3 Å². The third-order valence-electron chi connectivity index (χ3n) is 1.92. The number of methoxy groups -OCH3 is 1. The Balaban J connectivity index is 3.06. The van der Waals surface area contributed by atoms with Crippen LogP contribution in [0.2, 0.25) is 0 Å². The number of hydrogen-bond acceptors (Lipinski definition) is 2. The molecule has 0 spiro atoms. The quantitative estimate of drug-likeness (QED) is 0.699. The van der Waals surface area contributed by atoms with Crippen molar-refractivity contribution in [3.63, 3.8) is 0 Å². The van der Waals surface area contributed by atoms with E-state index in [9.17, 15) is 13.6 Å². The van der Waals surface area contributed by atoms with Gasteiger partial charge < -0.3 is 4.74 Å². The van der Waals surface area contributed by atoms with Gasteiger partial charge in [-0.05, 0) is 25.1 Å². The maximum Gasteiger partial charge on any atom is 0.194 e. The lowest BCUT2D eigenvalue weighted by Crippen LogP contribution is -2.20. The summed E-state index contributed by atoms with van der Waals surface area (Å²) in [4.78, 5) is 11.4. The summed E-state index contributed by atoms with van der Waals surface area (Å²) in [5.41, 5.74) is -0.278. The smallest absolute Gasteiger partial charge is 0.194 e. The lowest BCUT2D eigenvalue weighted by molar-refractivity contribution is 0.0651. The largest absolute Gasteiger partial charge is 0.374 e. The average Bonchev–Trinajstić information content (AvgIpc) is 2.19. The Labute approximate surface area is 80.5 Å². The highest BCUT2D eigenvalue weighted by molar-refractivity contribution is 5.99. The molecule has 0 aromatic heterocycles. The Morgan fingerprint density at radius 2 is 2.07 bits per heavy atom. The molecule has 1 aromatic carbocycles. The Hall–Kier alpha value is -1.29. The molecule has 1 aromatic rings. The van der Waals surface area contributed by atoms with Gasteiger partial charge in [0.15, 0.2) is 5.78 Å². The van der Waals surface area contributed by atoms with E-state index in [1.165, 1.54) is 14.0 Å². The highest BCUT2D eigenvalue weighted by Crippen LogP contribution is 2.12. The number of ketones is 1. The number of carbonyl (C=O) groups is 1. The Morgan fingerprint density at radius 3 is 2.64 bits per heavy atom. The maximum atomic E-state index is 13.1. The van der Waals surface area contributed by atoms with E-state index in [0.29, 0.717) is 0 Å². The van der Waals surface area contributed by atoms with Gasteiger partial charge in [0, 0.05) is 7.11 Å². The van der Waals surface area contributed by atoms with E-state index in [2.05, 4.69) is 0 Å². The van der Waals surface area contributed by atoms with Gasteiger partial charge in [-0.25, -0.2) is 8.78 Å². The number of benzene rings is 1. The summed E-state index contributed by atoms with van der Waals surface area (Å²) in [6.45, 7) is 1.48. The minimum absolute atomic E-state index is 0.278. The molecule has 0 aliphatic rings. The van der Waals surface area contributed by atoms with Crippen LogP contribution in [-0.2, 0) is 4.74 Å². The van der Waals surface area contributed by atoms with Crippen LogP contribution < -0.4 is 0 Å². The van der Waals surface area contributed by atoms with Crippen molar-refractivity contribution in [1.82, 2.24) is 0 Å². The van der Waals surface area contributed by atoms with Crippen LogP contribution in [0.25, 0.3) is 0 Å². The van der Waals surface area contributed by atoms with Crippen molar-refractivity contribution >= 4 is 5.78 Å². The van der Waals surface area contributed by atoms with E-state index in [1.54, 1.807) is 0 Å². The van der Waals surface area contributed by atoms with E-state index < -0.39 is 23.5 Å². The number of carbonyl (C=O) groups excluding carboxylic acids is 1. The summed E-state index contributed by atoms with van der Waals surface area (Å²) in [5.74, 6) is -1.94. The van der Waals surface area contributed by atoms with Crippen molar-refractivity contribution < 1.29 is 18.3 Å². The molecule has 2 nitrogen and oxygen atoms in total. The van der Waals surface area contributed by atoms with Crippen LogP contribution in [0.3, 0.4) is 0 Å². The number of halogens is 2. The maximum absolute atomic E-state index is 13.1.